The van der Waals surface area contributed by atoms with Crippen LogP contribution in [0.4, 0.5) is 5.69 Å². The minimum atomic E-state index is 0.438. The summed E-state index contributed by atoms with van der Waals surface area (Å²) in [6.45, 7) is 0. The van der Waals surface area contributed by atoms with Gasteiger partial charge in [0, 0.05) is 11.3 Å². The third kappa shape index (κ3) is 1.78. The summed E-state index contributed by atoms with van der Waals surface area (Å²) in [6.07, 6.45) is 3.12. The predicted octanol–water partition coefficient (Wildman–Crippen LogP) is 2.58. The molecule has 2 heterocycles. The Hall–Kier alpha value is -2.56. The van der Waals surface area contributed by atoms with E-state index in [9.17, 15) is 0 Å². The van der Waals surface area contributed by atoms with Crippen molar-refractivity contribution in [2.24, 2.45) is 0 Å². The maximum atomic E-state index is 5.69. The molecule has 0 aliphatic carbocycles. The van der Waals surface area contributed by atoms with Crippen LogP contribution in [0.25, 0.3) is 22.8 Å². The molecular formula is C12H9N3O2. The van der Waals surface area contributed by atoms with Crippen molar-refractivity contribution in [3.63, 3.8) is 0 Å². The van der Waals surface area contributed by atoms with E-state index in [4.69, 9.17) is 14.7 Å². The number of anilines is 1. The molecule has 0 aliphatic heterocycles. The third-order valence-electron chi connectivity index (χ3n) is 2.34. The lowest BCUT2D eigenvalue weighted by molar-refractivity contribution is 0.432. The average molecular weight is 227 g/mol. The lowest BCUT2D eigenvalue weighted by atomic mass is 10.2. The Bertz CT molecular complexity index is 629. The molecule has 2 aromatic heterocycles. The molecule has 84 valence electrons. The lowest BCUT2D eigenvalue weighted by Crippen LogP contribution is -1.85. The number of nitrogens with two attached hydrogens (primary N) is 1. The van der Waals surface area contributed by atoms with Gasteiger partial charge >= 0.3 is 0 Å². The molecule has 1 aromatic carbocycles. The van der Waals surface area contributed by atoms with Crippen LogP contribution in [0, 0.1) is 0 Å². The summed E-state index contributed by atoms with van der Waals surface area (Å²) in [5, 5.41) is 3.88. The number of furan rings is 1. The van der Waals surface area contributed by atoms with Gasteiger partial charge in [0.15, 0.2) is 0 Å². The van der Waals surface area contributed by atoms with Crippen molar-refractivity contribution in [2.45, 2.75) is 0 Å². The zero-order valence-corrected chi connectivity index (χ0v) is 8.83. The number of hydrogen-bond donors (Lipinski definition) is 1. The molecule has 0 spiro atoms. The van der Waals surface area contributed by atoms with Gasteiger partial charge in [-0.3, -0.25) is 0 Å². The molecule has 5 heteroatoms. The highest BCUT2D eigenvalue weighted by Gasteiger charge is 2.11. The number of hydrogen-bond acceptors (Lipinski definition) is 5. The molecule has 3 aromatic rings. The van der Waals surface area contributed by atoms with Crippen LogP contribution < -0.4 is 5.73 Å². The van der Waals surface area contributed by atoms with Gasteiger partial charge in [-0.1, -0.05) is 11.2 Å². The molecule has 0 saturated carbocycles. The number of benzene rings is 1. The van der Waals surface area contributed by atoms with Crippen molar-refractivity contribution in [2.75, 3.05) is 5.73 Å². The van der Waals surface area contributed by atoms with Gasteiger partial charge in [-0.2, -0.15) is 4.98 Å². The summed E-state index contributed by atoms with van der Waals surface area (Å²) in [5.74, 6) is 0.935. The fraction of sp³-hybridized carbons (Fsp3) is 0. The Labute approximate surface area is 96.9 Å². The Morgan fingerprint density at radius 2 is 2.06 bits per heavy atom. The fourth-order valence-corrected chi connectivity index (χ4v) is 1.52. The Morgan fingerprint density at radius 3 is 2.82 bits per heavy atom. The van der Waals surface area contributed by atoms with E-state index in [2.05, 4.69) is 10.1 Å². The number of nitrogen functional groups attached to an aromatic ring is 1. The second-order valence-corrected chi connectivity index (χ2v) is 3.56. The molecule has 0 amide bonds. The number of aromatic nitrogens is 2. The van der Waals surface area contributed by atoms with Crippen molar-refractivity contribution >= 4 is 5.69 Å². The van der Waals surface area contributed by atoms with E-state index in [0.717, 1.165) is 11.1 Å². The zero-order valence-electron chi connectivity index (χ0n) is 8.83. The lowest BCUT2D eigenvalue weighted by Gasteiger charge is -1.94. The van der Waals surface area contributed by atoms with Crippen LogP contribution in [-0.2, 0) is 0 Å². The standard InChI is InChI=1S/C12H9N3O2/c13-10-3-1-2-8(6-10)12-14-11(15-17-12)9-4-5-16-7-9/h1-7H,13H2. The number of rotatable bonds is 2. The van der Waals surface area contributed by atoms with Crippen LogP contribution in [-0.4, -0.2) is 10.1 Å². The molecule has 3 rings (SSSR count). The molecule has 0 saturated heterocycles. The minimum Gasteiger partial charge on any atom is -0.472 e. The monoisotopic (exact) mass is 227 g/mol. The van der Waals surface area contributed by atoms with Crippen LogP contribution in [0.3, 0.4) is 0 Å². The maximum absolute atomic E-state index is 5.69. The first-order chi connectivity index (χ1) is 8.33. The molecule has 0 unspecified atom stereocenters. The Morgan fingerprint density at radius 1 is 1.12 bits per heavy atom. The van der Waals surface area contributed by atoms with E-state index in [1.54, 1.807) is 30.7 Å². The molecular weight excluding hydrogens is 218 g/mol. The minimum absolute atomic E-state index is 0.438. The molecule has 17 heavy (non-hydrogen) atoms. The second kappa shape index (κ2) is 3.79. The van der Waals surface area contributed by atoms with Crippen LogP contribution in [0.2, 0.25) is 0 Å². The van der Waals surface area contributed by atoms with E-state index >= 15 is 0 Å². The van der Waals surface area contributed by atoms with Gasteiger partial charge in [0.1, 0.15) is 6.26 Å². The predicted molar refractivity (Wildman–Crippen MR) is 61.8 cm³/mol. The van der Waals surface area contributed by atoms with Gasteiger partial charge in [-0.05, 0) is 24.3 Å². The van der Waals surface area contributed by atoms with Crippen LogP contribution in [0.1, 0.15) is 0 Å². The first-order valence-corrected chi connectivity index (χ1v) is 5.05. The Kier molecular flexibility index (Phi) is 2.15. The van der Waals surface area contributed by atoms with Crippen molar-refractivity contribution in [1.29, 1.82) is 0 Å². The molecule has 0 atom stereocenters. The van der Waals surface area contributed by atoms with E-state index in [1.807, 2.05) is 12.1 Å². The highest BCUT2D eigenvalue weighted by atomic mass is 16.5. The molecule has 0 aliphatic rings. The van der Waals surface area contributed by atoms with E-state index in [-0.39, 0.29) is 0 Å². The fourth-order valence-electron chi connectivity index (χ4n) is 1.52. The number of nitrogens with zero attached hydrogens (tertiary/aromatic N) is 2. The highest BCUT2D eigenvalue weighted by Crippen LogP contribution is 2.23. The van der Waals surface area contributed by atoms with Crippen LogP contribution in [0.5, 0.6) is 0 Å². The van der Waals surface area contributed by atoms with Crippen LogP contribution >= 0.6 is 0 Å². The van der Waals surface area contributed by atoms with Crippen molar-refractivity contribution in [3.05, 3.63) is 42.9 Å². The van der Waals surface area contributed by atoms with Gasteiger partial charge in [-0.25, -0.2) is 0 Å². The summed E-state index contributed by atoms with van der Waals surface area (Å²) in [7, 11) is 0. The first-order valence-electron chi connectivity index (χ1n) is 5.05. The highest BCUT2D eigenvalue weighted by molar-refractivity contribution is 5.62. The van der Waals surface area contributed by atoms with E-state index in [1.165, 1.54) is 0 Å². The summed E-state index contributed by atoms with van der Waals surface area (Å²) < 4.78 is 10.1. The van der Waals surface area contributed by atoms with Crippen molar-refractivity contribution in [1.82, 2.24) is 10.1 Å². The van der Waals surface area contributed by atoms with Gasteiger partial charge in [0.2, 0.25) is 5.82 Å². The van der Waals surface area contributed by atoms with Gasteiger partial charge in [0.05, 0.1) is 11.8 Å². The topological polar surface area (TPSA) is 78.1 Å². The summed E-state index contributed by atoms with van der Waals surface area (Å²) >= 11 is 0. The quantitative estimate of drug-likeness (QED) is 0.681. The van der Waals surface area contributed by atoms with Crippen LogP contribution in [0.15, 0.2) is 51.8 Å². The summed E-state index contributed by atoms with van der Waals surface area (Å²) in [5.41, 5.74) is 7.93. The molecule has 0 fully saturated rings. The van der Waals surface area contributed by atoms with Gasteiger partial charge < -0.3 is 14.7 Å². The second-order valence-electron chi connectivity index (χ2n) is 3.56. The smallest absolute Gasteiger partial charge is 0.258 e. The third-order valence-corrected chi connectivity index (χ3v) is 2.34. The summed E-state index contributed by atoms with van der Waals surface area (Å²) in [4.78, 5) is 4.27. The SMILES string of the molecule is Nc1cccc(-c2nc(-c3ccoc3)no2)c1. The largest absolute Gasteiger partial charge is 0.472 e. The average Bonchev–Trinajstić information content (AvgIpc) is 3.00. The Balaban J connectivity index is 2.01. The molecule has 0 bridgehead atoms. The maximum Gasteiger partial charge on any atom is 0.258 e. The van der Waals surface area contributed by atoms with Crippen molar-refractivity contribution in [3.8, 4) is 22.8 Å². The normalized spacial score (nSPS) is 10.6. The molecule has 2 N–H and O–H groups in total. The molecule has 5 nitrogen and oxygen atoms in total. The summed E-state index contributed by atoms with van der Waals surface area (Å²) in [6, 6.07) is 9.06. The first kappa shape index (κ1) is 9.65. The van der Waals surface area contributed by atoms with E-state index < -0.39 is 0 Å². The zero-order chi connectivity index (χ0) is 11.7. The van der Waals surface area contributed by atoms with Gasteiger partial charge in [0.25, 0.3) is 5.89 Å². The molecule has 0 radical (unpaired) electrons. The van der Waals surface area contributed by atoms with Crippen molar-refractivity contribution < 1.29 is 8.94 Å². The van der Waals surface area contributed by atoms with E-state index in [0.29, 0.717) is 17.4 Å². The van der Waals surface area contributed by atoms with Gasteiger partial charge in [-0.15, -0.1) is 0 Å².